The number of benzene rings is 1. The molecule has 0 saturated heterocycles. The zero-order valence-electron chi connectivity index (χ0n) is 10.9. The largest absolute Gasteiger partial charge is 0.380 e. The van der Waals surface area contributed by atoms with E-state index in [1.807, 2.05) is 0 Å². The quantitative estimate of drug-likeness (QED) is 0.829. The minimum absolute atomic E-state index is 0.599. The summed E-state index contributed by atoms with van der Waals surface area (Å²) in [6.45, 7) is 1.13. The molecule has 3 aliphatic rings. The average Bonchev–Trinajstić information content (AvgIpc) is 3.28. The maximum absolute atomic E-state index is 3.86. The number of fused-ring (bicyclic) bond motifs is 1. The number of hydrogen-bond acceptors (Lipinski definition) is 2. The van der Waals surface area contributed by atoms with Crippen LogP contribution in [0.25, 0.3) is 0 Å². The standard InChI is InChI=1S/C16H22N2/c1-2-4-15-13(3-1)9-14(18-15)10-17-16(11-5-6-11)12-7-8-12/h1-4,11-12,14,16-18H,5-10H2. The van der Waals surface area contributed by atoms with Gasteiger partial charge in [0.05, 0.1) is 0 Å². The van der Waals surface area contributed by atoms with Gasteiger partial charge in [-0.2, -0.15) is 0 Å². The normalized spacial score (nSPS) is 26.2. The summed E-state index contributed by atoms with van der Waals surface area (Å²) in [5, 5.41) is 7.50. The van der Waals surface area contributed by atoms with Crippen molar-refractivity contribution in [2.45, 2.75) is 44.2 Å². The van der Waals surface area contributed by atoms with Crippen molar-refractivity contribution in [2.75, 3.05) is 11.9 Å². The van der Waals surface area contributed by atoms with Gasteiger partial charge in [-0.15, -0.1) is 0 Å². The monoisotopic (exact) mass is 242 g/mol. The Kier molecular flexibility index (Phi) is 2.58. The van der Waals surface area contributed by atoms with Gasteiger partial charge in [-0.25, -0.2) is 0 Å². The van der Waals surface area contributed by atoms with Gasteiger partial charge >= 0.3 is 0 Å². The Morgan fingerprint density at radius 2 is 1.83 bits per heavy atom. The number of rotatable bonds is 5. The first kappa shape index (κ1) is 10.9. The van der Waals surface area contributed by atoms with Crippen LogP contribution in [0, 0.1) is 11.8 Å². The highest BCUT2D eigenvalue weighted by Crippen LogP contribution is 2.44. The maximum atomic E-state index is 3.86. The first-order valence-corrected chi connectivity index (χ1v) is 7.48. The van der Waals surface area contributed by atoms with Crippen LogP contribution in [0.15, 0.2) is 24.3 Å². The summed E-state index contributed by atoms with van der Waals surface area (Å²) in [5.41, 5.74) is 2.83. The zero-order chi connectivity index (χ0) is 11.9. The Balaban J connectivity index is 1.34. The van der Waals surface area contributed by atoms with Crippen molar-refractivity contribution in [3.05, 3.63) is 29.8 Å². The van der Waals surface area contributed by atoms with E-state index < -0.39 is 0 Å². The Morgan fingerprint density at radius 3 is 2.50 bits per heavy atom. The molecule has 2 heteroatoms. The fraction of sp³-hybridized carbons (Fsp3) is 0.625. The number of para-hydroxylation sites is 1. The lowest BCUT2D eigenvalue weighted by atomic mass is 10.1. The van der Waals surface area contributed by atoms with Crippen molar-refractivity contribution in [1.29, 1.82) is 0 Å². The average molecular weight is 242 g/mol. The fourth-order valence-electron chi connectivity index (χ4n) is 3.41. The van der Waals surface area contributed by atoms with E-state index in [4.69, 9.17) is 0 Å². The Hall–Kier alpha value is -1.02. The number of nitrogens with one attached hydrogen (secondary N) is 2. The third-order valence-corrected chi connectivity index (χ3v) is 4.70. The fourth-order valence-corrected chi connectivity index (χ4v) is 3.41. The molecule has 0 spiro atoms. The summed E-state index contributed by atoms with van der Waals surface area (Å²) in [7, 11) is 0. The molecule has 1 heterocycles. The van der Waals surface area contributed by atoms with Crippen LogP contribution < -0.4 is 10.6 Å². The van der Waals surface area contributed by atoms with Crippen molar-refractivity contribution in [3.63, 3.8) is 0 Å². The van der Waals surface area contributed by atoms with E-state index >= 15 is 0 Å². The van der Waals surface area contributed by atoms with E-state index in [0.29, 0.717) is 6.04 Å². The molecule has 96 valence electrons. The highest BCUT2D eigenvalue weighted by molar-refractivity contribution is 5.56. The van der Waals surface area contributed by atoms with E-state index in [1.165, 1.54) is 43.4 Å². The molecule has 0 bridgehead atoms. The predicted octanol–water partition coefficient (Wildman–Crippen LogP) is 2.80. The van der Waals surface area contributed by atoms with E-state index in [-0.39, 0.29) is 0 Å². The molecule has 2 aliphatic carbocycles. The molecule has 1 atom stereocenters. The topological polar surface area (TPSA) is 24.1 Å². The van der Waals surface area contributed by atoms with Crippen molar-refractivity contribution in [1.82, 2.24) is 5.32 Å². The third kappa shape index (κ3) is 2.14. The molecule has 2 saturated carbocycles. The third-order valence-electron chi connectivity index (χ3n) is 4.70. The van der Waals surface area contributed by atoms with Gasteiger partial charge in [0.25, 0.3) is 0 Å². The summed E-state index contributed by atoms with van der Waals surface area (Å²) in [6.07, 6.45) is 7.04. The number of anilines is 1. The summed E-state index contributed by atoms with van der Waals surface area (Å²) in [6, 6.07) is 10.2. The summed E-state index contributed by atoms with van der Waals surface area (Å²) in [4.78, 5) is 0. The van der Waals surface area contributed by atoms with Gasteiger partial charge in [-0.1, -0.05) is 18.2 Å². The van der Waals surface area contributed by atoms with E-state index in [0.717, 1.165) is 24.4 Å². The van der Waals surface area contributed by atoms with Gasteiger partial charge in [0.15, 0.2) is 0 Å². The predicted molar refractivity (Wildman–Crippen MR) is 74.8 cm³/mol. The Bertz CT molecular complexity index is 397. The molecule has 2 fully saturated rings. The Morgan fingerprint density at radius 1 is 1.11 bits per heavy atom. The van der Waals surface area contributed by atoms with Crippen LogP contribution in [0.1, 0.15) is 31.2 Å². The minimum atomic E-state index is 0.599. The highest BCUT2D eigenvalue weighted by atomic mass is 15.0. The van der Waals surface area contributed by atoms with Gasteiger partial charge in [0.1, 0.15) is 0 Å². The van der Waals surface area contributed by atoms with Crippen LogP contribution >= 0.6 is 0 Å². The smallest absolute Gasteiger partial charge is 0.0427 e. The molecule has 1 aromatic carbocycles. The second-order valence-electron chi connectivity index (χ2n) is 6.31. The molecule has 1 aromatic rings. The molecule has 0 radical (unpaired) electrons. The zero-order valence-corrected chi connectivity index (χ0v) is 10.9. The molecule has 1 aliphatic heterocycles. The minimum Gasteiger partial charge on any atom is -0.380 e. The molecule has 0 amide bonds. The number of hydrogen-bond donors (Lipinski definition) is 2. The van der Waals surface area contributed by atoms with Crippen molar-refractivity contribution < 1.29 is 0 Å². The molecule has 2 nitrogen and oxygen atoms in total. The lowest BCUT2D eigenvalue weighted by molar-refractivity contribution is 0.408. The van der Waals surface area contributed by atoms with Gasteiger partial charge in [-0.3, -0.25) is 0 Å². The van der Waals surface area contributed by atoms with E-state index in [1.54, 1.807) is 0 Å². The SMILES string of the molecule is c1ccc2c(c1)CC(CNC(C1CC1)C1CC1)N2. The van der Waals surface area contributed by atoms with E-state index in [2.05, 4.69) is 34.9 Å². The first-order chi connectivity index (χ1) is 8.90. The van der Waals surface area contributed by atoms with Gasteiger partial charge in [-0.05, 0) is 55.6 Å². The second kappa shape index (κ2) is 4.27. The molecular weight excluding hydrogens is 220 g/mol. The lowest BCUT2D eigenvalue weighted by Crippen LogP contribution is -2.40. The van der Waals surface area contributed by atoms with Crippen LogP contribution in [0.4, 0.5) is 5.69 Å². The van der Waals surface area contributed by atoms with Crippen molar-refractivity contribution in [3.8, 4) is 0 Å². The van der Waals surface area contributed by atoms with Gasteiger partial charge in [0.2, 0.25) is 0 Å². The van der Waals surface area contributed by atoms with Crippen LogP contribution in [0.2, 0.25) is 0 Å². The summed E-state index contributed by atoms with van der Waals surface area (Å²) < 4.78 is 0. The Labute approximate surface area is 109 Å². The van der Waals surface area contributed by atoms with Gasteiger partial charge < -0.3 is 10.6 Å². The van der Waals surface area contributed by atoms with Crippen LogP contribution in [-0.4, -0.2) is 18.6 Å². The summed E-state index contributed by atoms with van der Waals surface area (Å²) in [5.74, 6) is 2.00. The molecule has 0 aromatic heterocycles. The maximum Gasteiger partial charge on any atom is 0.0427 e. The van der Waals surface area contributed by atoms with Crippen molar-refractivity contribution >= 4 is 5.69 Å². The van der Waals surface area contributed by atoms with Crippen LogP contribution in [-0.2, 0) is 6.42 Å². The lowest BCUT2D eigenvalue weighted by Gasteiger charge is -2.20. The van der Waals surface area contributed by atoms with Crippen molar-refractivity contribution in [2.24, 2.45) is 11.8 Å². The first-order valence-electron chi connectivity index (χ1n) is 7.48. The van der Waals surface area contributed by atoms with Gasteiger partial charge in [0, 0.05) is 24.3 Å². The summed E-state index contributed by atoms with van der Waals surface area (Å²) >= 11 is 0. The molecule has 4 rings (SSSR count). The van der Waals surface area contributed by atoms with E-state index in [9.17, 15) is 0 Å². The van der Waals surface area contributed by atoms with Crippen LogP contribution in [0.5, 0.6) is 0 Å². The highest BCUT2D eigenvalue weighted by Gasteiger charge is 2.41. The molecule has 1 unspecified atom stereocenters. The molecular formula is C16H22N2. The molecule has 2 N–H and O–H groups in total. The second-order valence-corrected chi connectivity index (χ2v) is 6.31. The van der Waals surface area contributed by atoms with Crippen LogP contribution in [0.3, 0.4) is 0 Å². The molecule has 18 heavy (non-hydrogen) atoms.